The van der Waals surface area contributed by atoms with E-state index in [-0.39, 0.29) is 34.3 Å². The van der Waals surface area contributed by atoms with Gasteiger partial charge in [-0.1, -0.05) is 33.6 Å². The lowest BCUT2D eigenvalue weighted by Crippen LogP contribution is -2.40. The zero-order valence-corrected chi connectivity index (χ0v) is 19.7. The summed E-state index contributed by atoms with van der Waals surface area (Å²) in [5.74, 6) is -1.36. The summed E-state index contributed by atoms with van der Waals surface area (Å²) in [6.45, 7) is 2.61. The first-order valence-corrected chi connectivity index (χ1v) is 11.9. The summed E-state index contributed by atoms with van der Waals surface area (Å²) in [4.78, 5) is 24.9. The Bertz CT molecular complexity index is 1090. The third-order valence-corrected chi connectivity index (χ3v) is 7.23. The van der Waals surface area contributed by atoms with E-state index in [0.717, 1.165) is 0 Å². The van der Waals surface area contributed by atoms with Crippen LogP contribution in [-0.4, -0.2) is 57.0 Å². The number of nitrogens with one attached hydrogen (secondary N) is 1. The van der Waals surface area contributed by atoms with Gasteiger partial charge in [0.2, 0.25) is 10.0 Å². The van der Waals surface area contributed by atoms with Crippen LogP contribution >= 0.6 is 27.5 Å². The largest absolute Gasteiger partial charge is 0.449 e. The van der Waals surface area contributed by atoms with Crippen molar-refractivity contribution in [2.24, 2.45) is 0 Å². The molecule has 166 valence electrons. The topological polar surface area (TPSA) is 102 Å². The van der Waals surface area contributed by atoms with E-state index in [0.29, 0.717) is 17.7 Å². The Balaban J connectivity index is 1.68. The third kappa shape index (κ3) is 5.83. The molecule has 0 bridgehead atoms. The number of anilines is 1. The van der Waals surface area contributed by atoms with Crippen LogP contribution in [0.1, 0.15) is 17.3 Å². The molecule has 1 heterocycles. The number of halogens is 2. The standard InChI is InChI=1S/C20H20BrClN2O6S/c1-13(30-20(26)17-11-14(21)5-6-18(17)22)19(25)23-15-3-2-4-16(12-15)31(27,28)24-7-9-29-10-8-24/h2-6,11-13H,7-10H2,1H3,(H,23,25)/t13-/m1/s1. The molecule has 8 nitrogen and oxygen atoms in total. The van der Waals surface area contributed by atoms with Crippen LogP contribution in [-0.2, 0) is 24.3 Å². The van der Waals surface area contributed by atoms with Crippen LogP contribution < -0.4 is 5.32 Å². The van der Waals surface area contributed by atoms with Gasteiger partial charge in [-0.15, -0.1) is 0 Å². The summed E-state index contributed by atoms with van der Waals surface area (Å²) >= 11 is 9.27. The average molecular weight is 532 g/mol. The molecule has 1 aliphatic heterocycles. The van der Waals surface area contributed by atoms with E-state index in [1.165, 1.54) is 41.6 Å². The van der Waals surface area contributed by atoms with Crippen LogP contribution in [0.15, 0.2) is 51.8 Å². The molecule has 31 heavy (non-hydrogen) atoms. The Hall–Kier alpha value is -1.98. The van der Waals surface area contributed by atoms with Gasteiger partial charge < -0.3 is 14.8 Å². The first-order chi connectivity index (χ1) is 14.7. The number of rotatable bonds is 6. The number of hydrogen-bond acceptors (Lipinski definition) is 6. The number of amides is 1. The lowest BCUT2D eigenvalue weighted by Gasteiger charge is -2.26. The molecule has 0 radical (unpaired) electrons. The summed E-state index contributed by atoms with van der Waals surface area (Å²) in [6, 6.07) is 10.6. The monoisotopic (exact) mass is 530 g/mol. The number of nitrogens with zero attached hydrogens (tertiary/aromatic N) is 1. The van der Waals surface area contributed by atoms with Gasteiger partial charge in [-0.2, -0.15) is 4.31 Å². The summed E-state index contributed by atoms with van der Waals surface area (Å²) < 4.78 is 38.0. The molecule has 1 aliphatic rings. The van der Waals surface area contributed by atoms with Crippen LogP contribution in [0.3, 0.4) is 0 Å². The highest BCUT2D eigenvalue weighted by Crippen LogP contribution is 2.23. The predicted molar refractivity (Wildman–Crippen MR) is 119 cm³/mol. The molecular weight excluding hydrogens is 512 g/mol. The van der Waals surface area contributed by atoms with Crippen molar-refractivity contribution >= 4 is 55.1 Å². The molecular formula is C20H20BrClN2O6S. The summed E-state index contributed by atoms with van der Waals surface area (Å²) in [5, 5.41) is 2.77. The minimum atomic E-state index is -3.71. The molecule has 0 spiro atoms. The summed E-state index contributed by atoms with van der Waals surface area (Å²) in [6.07, 6.45) is -1.14. The fraction of sp³-hybridized carbons (Fsp3) is 0.300. The number of carbonyl (C=O) groups is 2. The molecule has 1 N–H and O–H groups in total. The number of benzene rings is 2. The maximum absolute atomic E-state index is 12.8. The summed E-state index contributed by atoms with van der Waals surface area (Å²) in [5.41, 5.74) is 0.386. The lowest BCUT2D eigenvalue weighted by molar-refractivity contribution is -0.123. The highest BCUT2D eigenvalue weighted by molar-refractivity contribution is 9.10. The highest BCUT2D eigenvalue weighted by Gasteiger charge is 2.27. The molecule has 1 atom stereocenters. The number of sulfonamides is 1. The number of carbonyl (C=O) groups excluding carboxylic acids is 2. The van der Waals surface area contributed by atoms with E-state index in [4.69, 9.17) is 21.1 Å². The van der Waals surface area contributed by atoms with Crippen molar-refractivity contribution in [2.75, 3.05) is 31.6 Å². The Labute approximate surface area is 193 Å². The number of esters is 1. The van der Waals surface area contributed by atoms with Gasteiger partial charge >= 0.3 is 5.97 Å². The Morgan fingerprint density at radius 3 is 2.61 bits per heavy atom. The maximum Gasteiger partial charge on any atom is 0.340 e. The molecule has 1 saturated heterocycles. The molecule has 1 amide bonds. The highest BCUT2D eigenvalue weighted by atomic mass is 79.9. The fourth-order valence-electron chi connectivity index (χ4n) is 2.85. The van der Waals surface area contributed by atoms with Crippen LogP contribution in [0.4, 0.5) is 5.69 Å². The van der Waals surface area contributed by atoms with Gasteiger partial charge in [0.15, 0.2) is 6.10 Å². The van der Waals surface area contributed by atoms with Gasteiger partial charge in [0.1, 0.15) is 0 Å². The molecule has 11 heteroatoms. The Kier molecular flexibility index (Phi) is 7.71. The molecule has 2 aromatic carbocycles. The molecule has 0 aliphatic carbocycles. The second kappa shape index (κ2) is 10.1. The number of hydrogen-bond donors (Lipinski definition) is 1. The van der Waals surface area contributed by atoms with Crippen LogP contribution in [0.2, 0.25) is 5.02 Å². The number of morpholine rings is 1. The molecule has 2 aromatic rings. The number of ether oxygens (including phenoxy) is 2. The SMILES string of the molecule is C[C@@H](OC(=O)c1cc(Br)ccc1Cl)C(=O)Nc1cccc(S(=O)(=O)N2CCOCC2)c1. The van der Waals surface area contributed by atoms with Gasteiger partial charge in [0.25, 0.3) is 5.91 Å². The quantitative estimate of drug-likeness (QED) is 0.574. The van der Waals surface area contributed by atoms with Crippen molar-refractivity contribution in [3.8, 4) is 0 Å². The minimum absolute atomic E-state index is 0.0535. The van der Waals surface area contributed by atoms with E-state index >= 15 is 0 Å². The van der Waals surface area contributed by atoms with Gasteiger partial charge in [-0.3, -0.25) is 4.79 Å². The van der Waals surface area contributed by atoms with Gasteiger partial charge in [0, 0.05) is 23.2 Å². The van der Waals surface area contributed by atoms with Crippen molar-refractivity contribution in [2.45, 2.75) is 17.9 Å². The van der Waals surface area contributed by atoms with Crippen LogP contribution in [0.25, 0.3) is 0 Å². The predicted octanol–water partition coefficient (Wildman–Crippen LogP) is 3.31. The van der Waals surface area contributed by atoms with Crippen molar-refractivity contribution in [1.29, 1.82) is 0 Å². The van der Waals surface area contributed by atoms with E-state index < -0.39 is 28.0 Å². The zero-order chi connectivity index (χ0) is 22.6. The minimum Gasteiger partial charge on any atom is -0.449 e. The lowest BCUT2D eigenvalue weighted by atomic mass is 10.2. The first-order valence-electron chi connectivity index (χ1n) is 9.33. The van der Waals surface area contributed by atoms with E-state index in [1.54, 1.807) is 12.1 Å². The second-order valence-corrected chi connectivity index (χ2v) is 9.97. The Morgan fingerprint density at radius 1 is 1.19 bits per heavy atom. The average Bonchev–Trinajstić information content (AvgIpc) is 2.76. The van der Waals surface area contributed by atoms with E-state index in [1.807, 2.05) is 0 Å². The van der Waals surface area contributed by atoms with Crippen molar-refractivity contribution in [1.82, 2.24) is 4.31 Å². The van der Waals surface area contributed by atoms with E-state index in [2.05, 4.69) is 21.2 Å². The van der Waals surface area contributed by atoms with Crippen LogP contribution in [0.5, 0.6) is 0 Å². The normalized spacial score (nSPS) is 15.8. The first kappa shape index (κ1) is 23.7. The van der Waals surface area contributed by atoms with Crippen molar-refractivity contribution in [3.05, 3.63) is 57.5 Å². The maximum atomic E-state index is 12.8. The second-order valence-electron chi connectivity index (χ2n) is 6.71. The summed E-state index contributed by atoms with van der Waals surface area (Å²) in [7, 11) is -3.71. The van der Waals surface area contributed by atoms with E-state index in [9.17, 15) is 18.0 Å². The molecule has 0 saturated carbocycles. The fourth-order valence-corrected chi connectivity index (χ4v) is 4.86. The molecule has 0 aromatic heterocycles. The van der Waals surface area contributed by atoms with Crippen LogP contribution in [0, 0.1) is 0 Å². The smallest absolute Gasteiger partial charge is 0.340 e. The van der Waals surface area contributed by atoms with Crippen molar-refractivity contribution in [3.63, 3.8) is 0 Å². The molecule has 3 rings (SSSR count). The van der Waals surface area contributed by atoms with Gasteiger partial charge in [-0.05, 0) is 43.3 Å². The molecule has 1 fully saturated rings. The third-order valence-electron chi connectivity index (χ3n) is 4.51. The molecule has 0 unspecified atom stereocenters. The Morgan fingerprint density at radius 2 is 1.90 bits per heavy atom. The van der Waals surface area contributed by atoms with Gasteiger partial charge in [0.05, 0.1) is 28.7 Å². The zero-order valence-electron chi connectivity index (χ0n) is 16.5. The van der Waals surface area contributed by atoms with Crippen molar-refractivity contribution < 1.29 is 27.5 Å². The van der Waals surface area contributed by atoms with Gasteiger partial charge in [-0.25, -0.2) is 13.2 Å².